The van der Waals surface area contributed by atoms with E-state index in [-0.39, 0.29) is 10.8 Å². The Kier molecular flexibility index (Phi) is 6.68. The van der Waals surface area contributed by atoms with Crippen molar-refractivity contribution >= 4 is 31.9 Å². The predicted molar refractivity (Wildman–Crippen MR) is 109 cm³/mol. The van der Waals surface area contributed by atoms with E-state index in [1.54, 1.807) is 24.3 Å². The summed E-state index contributed by atoms with van der Waals surface area (Å²) >= 11 is 3.32. The van der Waals surface area contributed by atoms with Gasteiger partial charge in [0.25, 0.3) is 0 Å². The number of carbonyl (C=O) groups is 1. The van der Waals surface area contributed by atoms with E-state index in [2.05, 4.69) is 21.2 Å². The first-order valence-corrected chi connectivity index (χ1v) is 11.3. The average Bonchev–Trinajstić information content (AvgIpc) is 2.69. The van der Waals surface area contributed by atoms with E-state index in [4.69, 9.17) is 0 Å². The standard InChI is InChI=1S/C20H23BrN2O3S/c21-17-9-11-18(12-10-17)27(25,26)23-15-5-4-8-19(23)20(24)22-14-13-16-6-2-1-3-7-16/h1-3,6-7,9-12,19H,4-5,8,13-15H2,(H,22,24)/t19-/m0/s1. The Morgan fingerprint density at radius 1 is 1.07 bits per heavy atom. The highest BCUT2D eigenvalue weighted by molar-refractivity contribution is 9.10. The molecule has 0 spiro atoms. The molecule has 0 aliphatic carbocycles. The number of carbonyl (C=O) groups excluding carboxylic acids is 1. The number of amides is 1. The summed E-state index contributed by atoms with van der Waals surface area (Å²) in [6, 6.07) is 15.8. The second-order valence-electron chi connectivity index (χ2n) is 6.61. The molecule has 0 unspecified atom stereocenters. The molecule has 1 aliphatic rings. The van der Waals surface area contributed by atoms with Crippen LogP contribution >= 0.6 is 15.9 Å². The van der Waals surface area contributed by atoms with Gasteiger partial charge in [-0.15, -0.1) is 0 Å². The molecule has 144 valence electrons. The molecule has 2 aromatic rings. The average molecular weight is 451 g/mol. The van der Waals surface area contributed by atoms with Gasteiger partial charge < -0.3 is 5.32 Å². The van der Waals surface area contributed by atoms with Crippen LogP contribution in [0.1, 0.15) is 24.8 Å². The van der Waals surface area contributed by atoms with Crippen LogP contribution in [0.5, 0.6) is 0 Å². The summed E-state index contributed by atoms with van der Waals surface area (Å²) in [4.78, 5) is 12.9. The number of hydrogen-bond donors (Lipinski definition) is 1. The summed E-state index contributed by atoms with van der Waals surface area (Å²) in [6.07, 6.45) is 2.89. The molecule has 1 fully saturated rings. The van der Waals surface area contributed by atoms with Gasteiger partial charge in [-0.1, -0.05) is 52.7 Å². The minimum Gasteiger partial charge on any atom is -0.354 e. The van der Waals surface area contributed by atoms with Gasteiger partial charge in [0.2, 0.25) is 15.9 Å². The first kappa shape index (κ1) is 20.0. The third kappa shape index (κ3) is 4.97. The van der Waals surface area contributed by atoms with Crippen LogP contribution in [0, 0.1) is 0 Å². The molecule has 7 heteroatoms. The lowest BCUT2D eigenvalue weighted by Crippen LogP contribution is -2.52. The van der Waals surface area contributed by atoms with E-state index in [1.165, 1.54) is 4.31 Å². The van der Waals surface area contributed by atoms with E-state index < -0.39 is 16.1 Å². The van der Waals surface area contributed by atoms with Crippen molar-refractivity contribution in [3.05, 3.63) is 64.6 Å². The van der Waals surface area contributed by atoms with E-state index >= 15 is 0 Å². The molecule has 1 heterocycles. The molecule has 0 radical (unpaired) electrons. The van der Waals surface area contributed by atoms with Gasteiger partial charge in [0.15, 0.2) is 0 Å². The zero-order valence-electron chi connectivity index (χ0n) is 15.0. The molecule has 0 bridgehead atoms. The molecule has 1 atom stereocenters. The molecule has 3 rings (SSSR count). The van der Waals surface area contributed by atoms with Crippen molar-refractivity contribution < 1.29 is 13.2 Å². The molecule has 5 nitrogen and oxygen atoms in total. The van der Waals surface area contributed by atoms with Gasteiger partial charge in [-0.25, -0.2) is 8.42 Å². The summed E-state index contributed by atoms with van der Waals surface area (Å²) in [5.74, 6) is -0.216. The van der Waals surface area contributed by atoms with Crippen LogP contribution in [-0.2, 0) is 21.2 Å². The quantitative estimate of drug-likeness (QED) is 0.733. The monoisotopic (exact) mass is 450 g/mol. The zero-order valence-corrected chi connectivity index (χ0v) is 17.4. The molecule has 2 aromatic carbocycles. The van der Waals surface area contributed by atoms with Gasteiger partial charge in [0.05, 0.1) is 4.90 Å². The maximum absolute atomic E-state index is 13.0. The number of nitrogens with one attached hydrogen (secondary N) is 1. The number of nitrogens with zero attached hydrogens (tertiary/aromatic N) is 1. The van der Waals surface area contributed by atoms with Crippen LogP contribution in [0.25, 0.3) is 0 Å². The predicted octanol–water partition coefficient (Wildman–Crippen LogP) is 3.35. The van der Waals surface area contributed by atoms with Gasteiger partial charge in [0.1, 0.15) is 6.04 Å². The lowest BCUT2D eigenvalue weighted by atomic mass is 10.0. The SMILES string of the molecule is O=C(NCCc1ccccc1)[C@@H]1CCCCN1S(=O)(=O)c1ccc(Br)cc1. The van der Waals surface area contributed by atoms with E-state index in [0.29, 0.717) is 19.5 Å². The van der Waals surface area contributed by atoms with Crippen LogP contribution in [0.2, 0.25) is 0 Å². The molecular formula is C20H23BrN2O3S. The third-order valence-electron chi connectivity index (χ3n) is 4.73. The number of hydrogen-bond acceptors (Lipinski definition) is 3. The number of benzene rings is 2. The maximum atomic E-state index is 13.0. The smallest absolute Gasteiger partial charge is 0.243 e. The number of rotatable bonds is 6. The molecule has 0 saturated carbocycles. The van der Waals surface area contributed by atoms with Gasteiger partial charge in [-0.2, -0.15) is 4.31 Å². The van der Waals surface area contributed by atoms with Crippen LogP contribution in [0.15, 0.2) is 64.0 Å². The lowest BCUT2D eigenvalue weighted by molar-refractivity contribution is -0.125. The van der Waals surface area contributed by atoms with Crippen molar-refractivity contribution in [3.63, 3.8) is 0 Å². The van der Waals surface area contributed by atoms with Crippen LogP contribution in [0.3, 0.4) is 0 Å². The maximum Gasteiger partial charge on any atom is 0.243 e. The van der Waals surface area contributed by atoms with Crippen molar-refractivity contribution in [1.29, 1.82) is 0 Å². The Hall–Kier alpha value is -1.70. The van der Waals surface area contributed by atoms with Crippen molar-refractivity contribution in [2.75, 3.05) is 13.1 Å². The highest BCUT2D eigenvalue weighted by Gasteiger charge is 2.37. The molecule has 1 saturated heterocycles. The summed E-state index contributed by atoms with van der Waals surface area (Å²) in [6.45, 7) is 0.862. The minimum atomic E-state index is -3.70. The molecule has 1 amide bonds. The minimum absolute atomic E-state index is 0.216. The fourth-order valence-electron chi connectivity index (χ4n) is 3.29. The highest BCUT2D eigenvalue weighted by atomic mass is 79.9. The highest BCUT2D eigenvalue weighted by Crippen LogP contribution is 2.26. The largest absolute Gasteiger partial charge is 0.354 e. The topological polar surface area (TPSA) is 66.5 Å². The van der Waals surface area contributed by atoms with Gasteiger partial charge in [0, 0.05) is 17.6 Å². The zero-order chi connectivity index (χ0) is 19.3. The Bertz CT molecular complexity index is 870. The molecule has 0 aromatic heterocycles. The van der Waals surface area contributed by atoms with Crippen molar-refractivity contribution in [1.82, 2.24) is 9.62 Å². The van der Waals surface area contributed by atoms with E-state index in [0.717, 1.165) is 29.3 Å². The molecule has 1 N–H and O–H groups in total. The lowest BCUT2D eigenvalue weighted by Gasteiger charge is -2.33. The first-order valence-electron chi connectivity index (χ1n) is 9.07. The molecule has 27 heavy (non-hydrogen) atoms. The Balaban J connectivity index is 1.69. The summed E-state index contributed by atoms with van der Waals surface area (Å²) in [5.41, 5.74) is 1.14. The summed E-state index contributed by atoms with van der Waals surface area (Å²) < 4.78 is 28.3. The van der Waals surface area contributed by atoms with Crippen molar-refractivity contribution in [2.45, 2.75) is 36.6 Å². The van der Waals surface area contributed by atoms with Crippen LogP contribution in [-0.4, -0.2) is 37.8 Å². The van der Waals surface area contributed by atoms with Gasteiger partial charge >= 0.3 is 0 Å². The molecular weight excluding hydrogens is 428 g/mol. The third-order valence-corrected chi connectivity index (χ3v) is 7.18. The van der Waals surface area contributed by atoms with Gasteiger partial charge in [-0.05, 0) is 49.1 Å². The van der Waals surface area contributed by atoms with E-state index in [9.17, 15) is 13.2 Å². The Labute approximate surface area is 169 Å². The second-order valence-corrected chi connectivity index (χ2v) is 9.41. The van der Waals surface area contributed by atoms with Crippen LogP contribution < -0.4 is 5.32 Å². The van der Waals surface area contributed by atoms with Gasteiger partial charge in [-0.3, -0.25) is 4.79 Å². The Morgan fingerprint density at radius 3 is 2.48 bits per heavy atom. The number of sulfonamides is 1. The fraction of sp³-hybridized carbons (Fsp3) is 0.350. The first-order chi connectivity index (χ1) is 13.0. The van der Waals surface area contributed by atoms with Crippen molar-refractivity contribution in [2.24, 2.45) is 0 Å². The summed E-state index contributed by atoms with van der Waals surface area (Å²) in [7, 11) is -3.70. The fourth-order valence-corrected chi connectivity index (χ4v) is 5.21. The second kappa shape index (κ2) is 8.99. The number of halogens is 1. The number of piperidine rings is 1. The van der Waals surface area contributed by atoms with Crippen molar-refractivity contribution in [3.8, 4) is 0 Å². The van der Waals surface area contributed by atoms with Crippen LogP contribution in [0.4, 0.5) is 0 Å². The summed E-state index contributed by atoms with van der Waals surface area (Å²) in [5, 5.41) is 2.91. The normalized spacial score (nSPS) is 18.2. The molecule has 1 aliphatic heterocycles. The van der Waals surface area contributed by atoms with E-state index in [1.807, 2.05) is 30.3 Å². The Morgan fingerprint density at radius 2 is 1.78 bits per heavy atom.